The van der Waals surface area contributed by atoms with Gasteiger partial charge in [0.2, 0.25) is 11.8 Å². The van der Waals surface area contributed by atoms with Gasteiger partial charge in [-0.1, -0.05) is 23.7 Å². The average molecular weight is 879 g/mol. The molecule has 0 spiro atoms. The van der Waals surface area contributed by atoms with Gasteiger partial charge in [0.05, 0.1) is 59.2 Å². The van der Waals surface area contributed by atoms with Crippen molar-refractivity contribution in [1.82, 2.24) is 50.1 Å². The number of nitrogens with one attached hydrogen (secondary N) is 5. The number of rotatable bonds is 13. The zero-order valence-electron chi connectivity index (χ0n) is 35.4. The second-order valence-corrected chi connectivity index (χ2v) is 14.7. The number of hydrogen-bond acceptors (Lipinski definition) is 14. The van der Waals surface area contributed by atoms with E-state index >= 15 is 0 Å². The summed E-state index contributed by atoms with van der Waals surface area (Å²) in [5.41, 5.74) is 9.21. The Kier molecular flexibility index (Phi) is 14.5. The summed E-state index contributed by atoms with van der Waals surface area (Å²) in [6.07, 6.45) is 9.89. The number of ether oxygens (including phenoxy) is 2. The minimum atomic E-state index is -0.309. The van der Waals surface area contributed by atoms with Crippen LogP contribution >= 0.6 is 11.6 Å². The molecule has 2 saturated carbocycles. The molecule has 2 aromatic carbocycles. The lowest BCUT2D eigenvalue weighted by atomic mass is 10.1. The van der Waals surface area contributed by atoms with E-state index in [-0.39, 0.29) is 40.6 Å². The third-order valence-electron chi connectivity index (χ3n) is 9.56. The Hall–Kier alpha value is -7.61. The number of aryl methyl sites for hydroxylation is 2. The summed E-state index contributed by atoms with van der Waals surface area (Å²) in [4.78, 5) is 63.4. The largest absolute Gasteiger partial charge is 0.494 e. The van der Waals surface area contributed by atoms with Crippen molar-refractivity contribution in [3.8, 4) is 34.3 Å². The molecule has 8 rings (SSSR count). The molecule has 4 aromatic heterocycles. The van der Waals surface area contributed by atoms with E-state index in [1.807, 2.05) is 36.4 Å². The number of methoxy groups -OCH3 is 2. The van der Waals surface area contributed by atoms with Crippen LogP contribution < -0.4 is 41.8 Å². The zero-order chi connectivity index (χ0) is 45.2. The molecule has 63 heavy (non-hydrogen) atoms. The molecule has 328 valence electrons. The monoisotopic (exact) mass is 878 g/mol. The van der Waals surface area contributed by atoms with Crippen LogP contribution in [0.15, 0.2) is 73.6 Å². The highest BCUT2D eigenvalue weighted by Gasteiger charge is 2.30. The third kappa shape index (κ3) is 11.4. The lowest BCUT2D eigenvalue weighted by Gasteiger charge is -2.16. The molecule has 4 amide bonds. The highest BCUT2D eigenvalue weighted by Crippen LogP contribution is 2.39. The van der Waals surface area contributed by atoms with Crippen molar-refractivity contribution >= 4 is 63.8 Å². The fourth-order valence-electron chi connectivity index (χ4n) is 6.01. The van der Waals surface area contributed by atoms with Crippen molar-refractivity contribution in [2.45, 2.75) is 25.7 Å². The minimum absolute atomic E-state index is 0.0412. The second kappa shape index (κ2) is 20.3. The predicted octanol–water partition coefficient (Wildman–Crippen LogP) is 4.86. The molecule has 0 unspecified atom stereocenters. The van der Waals surface area contributed by atoms with Gasteiger partial charge in [-0.3, -0.25) is 28.5 Å². The Morgan fingerprint density at radius 1 is 0.683 bits per heavy atom. The van der Waals surface area contributed by atoms with Crippen LogP contribution in [0, 0.1) is 11.8 Å². The average Bonchev–Trinajstić information content (AvgIpc) is 4.22. The van der Waals surface area contributed by atoms with Crippen LogP contribution in [0.1, 0.15) is 46.4 Å². The lowest BCUT2D eigenvalue weighted by Crippen LogP contribution is -2.20. The molecule has 6 aromatic rings. The summed E-state index contributed by atoms with van der Waals surface area (Å²) in [7, 11) is 9.79. The van der Waals surface area contributed by atoms with Gasteiger partial charge in [-0.05, 0) is 56.0 Å². The first kappa shape index (κ1) is 44.9. The Bertz CT molecular complexity index is 2620. The smallest absolute Gasteiger partial charge is 0.254 e. The molecule has 0 radical (unpaired) electrons. The number of nitrogens with two attached hydrogens (primary N) is 1. The van der Waals surface area contributed by atoms with Crippen molar-refractivity contribution in [1.29, 1.82) is 0 Å². The molecule has 0 bridgehead atoms. The topological polar surface area (TPSA) is 260 Å². The molecule has 2 aliphatic rings. The van der Waals surface area contributed by atoms with Crippen LogP contribution in [0.2, 0.25) is 5.15 Å². The zero-order valence-corrected chi connectivity index (χ0v) is 36.1. The van der Waals surface area contributed by atoms with Crippen LogP contribution in [-0.4, -0.2) is 91.4 Å². The Labute approximate surface area is 367 Å². The standard InChI is InChI=1S/C21H23N7O3.C17H17ClN6O2.C4H7NO/c1-22-21(30)14-10-23-17(26-20(29)12-7-8-12)9-16(14)25-15-6-4-5-13(18(15)31-3)19-24-11-28(2)27-19;1-19-17(25)11-8-20-14(18)7-13(11)22-12-6-4-5-10(15(12)26-3)16-21-9-24(2)23-16;5-4(6)3-1-2-3/h4-6,9-12H,7-8H2,1-3H3,(H,22,30)(H2,23,25,26,29);4-9H,1-3H3,(H,19,25)(H,20,22);3H,1-2H2,(H2,5,6). The molecular formula is C42H47ClN14O6. The number of pyridine rings is 2. The molecule has 0 atom stereocenters. The van der Waals surface area contributed by atoms with Gasteiger partial charge in [0.1, 0.15) is 23.6 Å². The number of benzene rings is 2. The predicted molar refractivity (Wildman–Crippen MR) is 236 cm³/mol. The minimum Gasteiger partial charge on any atom is -0.494 e. The summed E-state index contributed by atoms with van der Waals surface area (Å²) >= 11 is 6.00. The summed E-state index contributed by atoms with van der Waals surface area (Å²) in [6.45, 7) is 0. The number of nitrogens with zero attached hydrogens (tertiary/aromatic N) is 8. The van der Waals surface area contributed by atoms with Gasteiger partial charge in [0, 0.05) is 58.5 Å². The summed E-state index contributed by atoms with van der Waals surface area (Å²) < 4.78 is 14.4. The Balaban J connectivity index is 0.000000187. The van der Waals surface area contributed by atoms with Crippen molar-refractivity contribution in [3.63, 3.8) is 0 Å². The molecule has 0 aliphatic heterocycles. The molecule has 21 heteroatoms. The Morgan fingerprint density at radius 3 is 1.56 bits per heavy atom. The fraction of sp³-hybridized carbons (Fsp3) is 0.286. The SMILES string of the molecule is CNC(=O)c1cnc(Cl)cc1Nc1cccc(-c2ncn(C)n2)c1OC.CNC(=O)c1cnc(NC(=O)C2CC2)cc1Nc1cccc(-c2ncn(C)n2)c1OC.NC(=O)C1CC1. The van der Waals surface area contributed by atoms with Gasteiger partial charge >= 0.3 is 0 Å². The number of para-hydroxylation sites is 2. The first-order chi connectivity index (χ1) is 30.3. The van der Waals surface area contributed by atoms with Crippen LogP contribution in [0.4, 0.5) is 28.6 Å². The van der Waals surface area contributed by atoms with E-state index in [9.17, 15) is 19.2 Å². The molecule has 2 fully saturated rings. The van der Waals surface area contributed by atoms with Crippen LogP contribution in [0.5, 0.6) is 11.5 Å². The maximum atomic E-state index is 12.4. The molecule has 2 aliphatic carbocycles. The van der Waals surface area contributed by atoms with E-state index in [1.54, 1.807) is 76.6 Å². The highest BCUT2D eigenvalue weighted by molar-refractivity contribution is 6.29. The van der Waals surface area contributed by atoms with E-state index in [2.05, 4.69) is 56.7 Å². The van der Waals surface area contributed by atoms with E-state index in [0.717, 1.165) is 31.2 Å². The van der Waals surface area contributed by atoms with Crippen LogP contribution in [0.25, 0.3) is 22.8 Å². The molecular weight excluding hydrogens is 832 g/mol. The van der Waals surface area contributed by atoms with E-state index in [4.69, 9.17) is 26.8 Å². The second-order valence-electron chi connectivity index (χ2n) is 14.3. The van der Waals surface area contributed by atoms with E-state index in [1.165, 1.54) is 12.4 Å². The van der Waals surface area contributed by atoms with Gasteiger partial charge in [0.15, 0.2) is 23.1 Å². The first-order valence-electron chi connectivity index (χ1n) is 19.6. The lowest BCUT2D eigenvalue weighted by molar-refractivity contribution is -0.119. The number of carbonyl (C=O) groups excluding carboxylic acids is 4. The van der Waals surface area contributed by atoms with Gasteiger partial charge < -0.3 is 41.8 Å². The van der Waals surface area contributed by atoms with Gasteiger partial charge in [-0.25, -0.2) is 19.9 Å². The van der Waals surface area contributed by atoms with Crippen molar-refractivity contribution in [2.75, 3.05) is 44.3 Å². The number of anilines is 5. The third-order valence-corrected chi connectivity index (χ3v) is 9.76. The number of primary amides is 1. The van der Waals surface area contributed by atoms with Gasteiger partial charge in [0.25, 0.3) is 11.8 Å². The fourth-order valence-corrected chi connectivity index (χ4v) is 6.17. The number of hydrogen-bond donors (Lipinski definition) is 6. The summed E-state index contributed by atoms with van der Waals surface area (Å²) in [5.74, 6) is 2.00. The van der Waals surface area contributed by atoms with Crippen LogP contribution in [-0.2, 0) is 23.7 Å². The highest BCUT2D eigenvalue weighted by atomic mass is 35.5. The van der Waals surface area contributed by atoms with Crippen molar-refractivity contribution < 1.29 is 28.7 Å². The normalized spacial score (nSPS) is 12.6. The number of amides is 4. The number of carbonyl (C=O) groups is 4. The van der Waals surface area contributed by atoms with Crippen molar-refractivity contribution in [3.05, 3.63) is 89.9 Å². The molecule has 7 N–H and O–H groups in total. The summed E-state index contributed by atoms with van der Waals surface area (Å²) in [6, 6.07) is 14.3. The van der Waals surface area contributed by atoms with E-state index in [0.29, 0.717) is 68.4 Å². The van der Waals surface area contributed by atoms with Crippen molar-refractivity contribution in [2.24, 2.45) is 31.7 Å². The molecule has 4 heterocycles. The Morgan fingerprint density at radius 2 is 1.16 bits per heavy atom. The maximum absolute atomic E-state index is 12.4. The van der Waals surface area contributed by atoms with Crippen LogP contribution in [0.3, 0.4) is 0 Å². The first-order valence-corrected chi connectivity index (χ1v) is 20.0. The maximum Gasteiger partial charge on any atom is 0.254 e. The quantitative estimate of drug-likeness (QED) is 0.0847. The molecule has 0 saturated heterocycles. The number of aromatic nitrogens is 8. The summed E-state index contributed by atoms with van der Waals surface area (Å²) in [5, 5.41) is 23.3. The number of halogens is 1. The van der Waals surface area contributed by atoms with Gasteiger partial charge in [-0.2, -0.15) is 10.2 Å². The van der Waals surface area contributed by atoms with E-state index < -0.39 is 0 Å². The van der Waals surface area contributed by atoms with Gasteiger partial charge in [-0.15, -0.1) is 0 Å². The molecule has 20 nitrogen and oxygen atoms in total.